The Bertz CT molecular complexity index is 945. The van der Waals surface area contributed by atoms with Crippen LogP contribution in [0, 0.1) is 0 Å². The van der Waals surface area contributed by atoms with Crippen LogP contribution in [0.3, 0.4) is 0 Å². The number of rotatable bonds is 35. The van der Waals surface area contributed by atoms with Crippen LogP contribution in [0.2, 0.25) is 0 Å². The van der Waals surface area contributed by atoms with Crippen LogP contribution in [0.15, 0.2) is 23.8 Å². The van der Waals surface area contributed by atoms with E-state index in [1.54, 1.807) is 6.08 Å². The summed E-state index contributed by atoms with van der Waals surface area (Å²) in [5.74, 6) is -0.626. The van der Waals surface area contributed by atoms with Crippen molar-refractivity contribution in [3.8, 4) is 0 Å². The van der Waals surface area contributed by atoms with Gasteiger partial charge in [0.15, 0.2) is 6.29 Å². The van der Waals surface area contributed by atoms with Gasteiger partial charge in [-0.3, -0.25) is 4.79 Å². The molecule has 0 aromatic heterocycles. The number of aliphatic hydroxyl groups is 6. The molecule has 0 bridgehead atoms. The molecule has 1 saturated heterocycles. The number of hydrogen-bond acceptors (Lipinski definition) is 9. The van der Waals surface area contributed by atoms with Crippen molar-refractivity contribution in [3.63, 3.8) is 0 Å². The number of allylic oxidation sites excluding steroid dienone is 3. The number of ether oxygens (including phenoxy) is 2. The molecule has 0 aromatic carbocycles. The van der Waals surface area contributed by atoms with Crippen LogP contribution in [0.5, 0.6) is 0 Å². The smallest absolute Gasteiger partial charge is 0.249 e. The zero-order valence-corrected chi connectivity index (χ0v) is 34.6. The molecule has 8 unspecified atom stereocenters. The van der Waals surface area contributed by atoms with Crippen LogP contribution in [0.1, 0.15) is 188 Å². The van der Waals surface area contributed by atoms with Crippen LogP contribution < -0.4 is 5.32 Å². The molecule has 1 amide bonds. The molecule has 0 aliphatic carbocycles. The first kappa shape index (κ1) is 50.6. The van der Waals surface area contributed by atoms with E-state index in [1.807, 2.05) is 6.08 Å². The second-order valence-electron chi connectivity index (χ2n) is 15.8. The molecule has 7 N–H and O–H groups in total. The average molecular weight is 770 g/mol. The zero-order valence-electron chi connectivity index (χ0n) is 34.6. The van der Waals surface area contributed by atoms with E-state index in [0.29, 0.717) is 19.3 Å². The molecule has 54 heavy (non-hydrogen) atoms. The monoisotopic (exact) mass is 770 g/mol. The highest BCUT2D eigenvalue weighted by molar-refractivity contribution is 5.80. The van der Waals surface area contributed by atoms with Gasteiger partial charge in [-0.25, -0.2) is 0 Å². The lowest BCUT2D eigenvalue weighted by Crippen LogP contribution is -2.60. The third-order valence-corrected chi connectivity index (χ3v) is 10.7. The summed E-state index contributed by atoms with van der Waals surface area (Å²) < 4.78 is 11.1. The maximum atomic E-state index is 13.0. The van der Waals surface area contributed by atoms with Gasteiger partial charge in [-0.05, 0) is 39.0 Å². The molecule has 318 valence electrons. The van der Waals surface area contributed by atoms with Gasteiger partial charge in [-0.1, -0.05) is 172 Å². The molecule has 0 radical (unpaired) electrons. The van der Waals surface area contributed by atoms with Crippen molar-refractivity contribution in [1.82, 2.24) is 5.32 Å². The second kappa shape index (κ2) is 33.7. The first-order chi connectivity index (χ1) is 26.2. The summed E-state index contributed by atoms with van der Waals surface area (Å²) in [6.45, 7) is 5.72. The Kier molecular flexibility index (Phi) is 31.6. The molecule has 10 nitrogen and oxygen atoms in total. The Hall–Kier alpha value is -1.37. The maximum Gasteiger partial charge on any atom is 0.249 e. The highest BCUT2D eigenvalue weighted by Gasteiger charge is 2.44. The molecule has 1 aliphatic rings. The Balaban J connectivity index is 2.52. The van der Waals surface area contributed by atoms with Gasteiger partial charge in [-0.2, -0.15) is 0 Å². The van der Waals surface area contributed by atoms with Gasteiger partial charge in [0.2, 0.25) is 5.91 Å². The fraction of sp³-hybridized carbons (Fsp3) is 0.886. The van der Waals surface area contributed by atoms with Gasteiger partial charge in [0.25, 0.3) is 0 Å². The van der Waals surface area contributed by atoms with E-state index >= 15 is 0 Å². The van der Waals surface area contributed by atoms with Crippen molar-refractivity contribution in [1.29, 1.82) is 0 Å². The van der Waals surface area contributed by atoms with E-state index in [1.165, 1.54) is 121 Å². The highest BCUT2D eigenvalue weighted by atomic mass is 16.7. The molecule has 0 saturated carbocycles. The molecule has 1 aliphatic heterocycles. The minimum Gasteiger partial charge on any atom is -0.394 e. The molecular formula is C44H83NO9. The lowest BCUT2D eigenvalue weighted by molar-refractivity contribution is -0.302. The van der Waals surface area contributed by atoms with Crippen molar-refractivity contribution in [2.24, 2.45) is 0 Å². The standard InChI is InChI=1S/C44H83NO9/c1-4-6-8-10-12-13-14-15-16-17-18-19-21-23-27-32-38(48)43(52)45-36(34-53-44-42(51)41(50)40(49)39(33-46)54-44)37(47)31-28-24-26-30-35(3)29-25-22-20-11-9-7-5-2/h28,30-31,36-42,44,46-51H,4-27,29,32-34H2,1-3H3,(H,45,52). The van der Waals surface area contributed by atoms with Gasteiger partial charge in [0, 0.05) is 0 Å². The second-order valence-corrected chi connectivity index (χ2v) is 15.8. The van der Waals surface area contributed by atoms with E-state index < -0.39 is 61.5 Å². The Morgan fingerprint density at radius 1 is 0.704 bits per heavy atom. The number of unbranched alkanes of at least 4 members (excludes halogenated alkanes) is 21. The molecule has 1 fully saturated rings. The van der Waals surface area contributed by atoms with Crippen LogP contribution in [-0.4, -0.2) is 98.7 Å². The number of aliphatic hydroxyl groups excluding tert-OH is 6. The molecule has 8 atom stereocenters. The summed E-state index contributed by atoms with van der Waals surface area (Å²) in [4.78, 5) is 13.0. The van der Waals surface area contributed by atoms with E-state index in [2.05, 4.69) is 32.2 Å². The van der Waals surface area contributed by atoms with E-state index in [4.69, 9.17) is 9.47 Å². The fourth-order valence-electron chi connectivity index (χ4n) is 7.01. The van der Waals surface area contributed by atoms with Crippen molar-refractivity contribution >= 4 is 5.91 Å². The van der Waals surface area contributed by atoms with Crippen molar-refractivity contribution < 1.29 is 44.9 Å². The number of nitrogens with one attached hydrogen (secondary N) is 1. The zero-order chi connectivity index (χ0) is 39.8. The van der Waals surface area contributed by atoms with Crippen molar-refractivity contribution in [2.75, 3.05) is 13.2 Å². The molecule has 0 spiro atoms. The Labute approximate surface area is 329 Å². The summed E-state index contributed by atoms with van der Waals surface area (Å²) in [7, 11) is 0. The van der Waals surface area contributed by atoms with Crippen LogP contribution in [-0.2, 0) is 14.3 Å². The Morgan fingerprint density at radius 2 is 1.20 bits per heavy atom. The van der Waals surface area contributed by atoms with Crippen molar-refractivity contribution in [2.45, 2.75) is 237 Å². The predicted molar refractivity (Wildman–Crippen MR) is 218 cm³/mol. The summed E-state index contributed by atoms with van der Waals surface area (Å²) >= 11 is 0. The Morgan fingerprint density at radius 3 is 1.72 bits per heavy atom. The number of carbonyl (C=O) groups is 1. The first-order valence-electron chi connectivity index (χ1n) is 22.1. The van der Waals surface area contributed by atoms with E-state index in [-0.39, 0.29) is 6.61 Å². The lowest BCUT2D eigenvalue weighted by Gasteiger charge is -2.40. The third kappa shape index (κ3) is 24.3. The predicted octanol–water partition coefficient (Wildman–Crippen LogP) is 7.69. The number of amides is 1. The van der Waals surface area contributed by atoms with Gasteiger partial charge < -0.3 is 45.4 Å². The molecule has 10 heteroatoms. The topological polar surface area (TPSA) is 169 Å². The van der Waals surface area contributed by atoms with Crippen molar-refractivity contribution in [3.05, 3.63) is 23.8 Å². The maximum absolute atomic E-state index is 13.0. The average Bonchev–Trinajstić information content (AvgIpc) is 3.16. The largest absolute Gasteiger partial charge is 0.394 e. The van der Waals surface area contributed by atoms with Gasteiger partial charge in [0.1, 0.15) is 30.5 Å². The lowest BCUT2D eigenvalue weighted by atomic mass is 9.99. The fourth-order valence-corrected chi connectivity index (χ4v) is 7.01. The van der Waals surface area contributed by atoms with Crippen LogP contribution in [0.4, 0.5) is 0 Å². The van der Waals surface area contributed by atoms with E-state index in [9.17, 15) is 35.4 Å². The normalized spacial score (nSPS) is 22.5. The summed E-state index contributed by atoms with van der Waals surface area (Å²) in [5, 5.41) is 64.6. The summed E-state index contributed by atoms with van der Waals surface area (Å²) in [5.41, 5.74) is 1.36. The van der Waals surface area contributed by atoms with E-state index in [0.717, 1.165) is 32.1 Å². The number of carbonyl (C=O) groups excluding carboxylic acids is 1. The van der Waals surface area contributed by atoms with Gasteiger partial charge in [0.05, 0.1) is 25.4 Å². The summed E-state index contributed by atoms with van der Waals surface area (Å²) in [6.07, 6.45) is 26.3. The molecule has 0 aromatic rings. The molecule has 1 heterocycles. The SMILES string of the molecule is CCCCCCCCCCCCCCCCCC(O)C(=O)NC(COC1OC(CO)C(O)C(O)C1O)C(O)C=CCCC=C(C)CCCCCCCCC. The van der Waals surface area contributed by atoms with Crippen LogP contribution >= 0.6 is 0 Å². The minimum absolute atomic E-state index is 0.306. The molecular weight excluding hydrogens is 686 g/mol. The van der Waals surface area contributed by atoms with Gasteiger partial charge in [-0.15, -0.1) is 0 Å². The third-order valence-electron chi connectivity index (χ3n) is 10.7. The van der Waals surface area contributed by atoms with Crippen LogP contribution in [0.25, 0.3) is 0 Å². The highest BCUT2D eigenvalue weighted by Crippen LogP contribution is 2.23. The first-order valence-corrected chi connectivity index (χ1v) is 22.1. The molecule has 1 rings (SSSR count). The number of hydrogen-bond donors (Lipinski definition) is 7. The summed E-state index contributed by atoms with van der Waals surface area (Å²) in [6, 6.07) is -0.994. The quantitative estimate of drug-likeness (QED) is 0.0252. The minimum atomic E-state index is -1.61. The van der Waals surface area contributed by atoms with Gasteiger partial charge >= 0.3 is 0 Å².